The normalized spacial score (nSPS) is 14.2. The minimum absolute atomic E-state index is 0.0849. The number of halogens is 1. The zero-order valence-electron chi connectivity index (χ0n) is 20.2. The first-order valence-electron chi connectivity index (χ1n) is 11.2. The van der Waals surface area contributed by atoms with Crippen LogP contribution < -0.4 is 25.0 Å². The third-order valence-corrected chi connectivity index (χ3v) is 5.70. The number of carbonyl (C=O) groups excluding carboxylic acids is 4. The average Bonchev–Trinajstić information content (AvgIpc) is 2.91. The summed E-state index contributed by atoms with van der Waals surface area (Å²) in [5, 5.41) is 15.9. The highest BCUT2D eigenvalue weighted by Gasteiger charge is 2.37. The number of rotatable bonds is 8. The van der Waals surface area contributed by atoms with Crippen molar-refractivity contribution in [3.8, 4) is 11.5 Å². The first-order valence-corrected chi connectivity index (χ1v) is 11.6. The van der Waals surface area contributed by atoms with Crippen LogP contribution in [0.15, 0.2) is 72.3 Å². The van der Waals surface area contributed by atoms with Crippen molar-refractivity contribution in [3.63, 3.8) is 0 Å². The van der Waals surface area contributed by atoms with E-state index in [-0.39, 0.29) is 28.8 Å². The number of ether oxygens (including phenoxy) is 2. The number of nitrogens with zero attached hydrogens (tertiary/aromatic N) is 2. The molecular formula is C26H19ClN4O8. The molecule has 1 fully saturated rings. The first kappa shape index (κ1) is 26.8. The molecule has 0 unspecified atom stereocenters. The predicted molar refractivity (Wildman–Crippen MR) is 141 cm³/mol. The van der Waals surface area contributed by atoms with Crippen LogP contribution in [0.4, 0.5) is 21.9 Å². The highest BCUT2D eigenvalue weighted by atomic mass is 35.5. The lowest BCUT2D eigenvalue weighted by Gasteiger charge is -2.26. The minimum atomic E-state index is -1.05. The van der Waals surface area contributed by atoms with E-state index in [1.54, 1.807) is 24.3 Å². The molecule has 3 aromatic carbocycles. The van der Waals surface area contributed by atoms with Crippen LogP contribution in [0, 0.1) is 10.1 Å². The number of para-hydroxylation sites is 2. The summed E-state index contributed by atoms with van der Waals surface area (Å²) >= 11 is 6.29. The molecule has 0 atom stereocenters. The van der Waals surface area contributed by atoms with Crippen molar-refractivity contribution in [3.05, 3.63) is 93.0 Å². The van der Waals surface area contributed by atoms with Gasteiger partial charge in [0.05, 0.1) is 28.4 Å². The third-order valence-electron chi connectivity index (χ3n) is 5.41. The van der Waals surface area contributed by atoms with Crippen molar-refractivity contribution < 1.29 is 33.6 Å². The largest absolute Gasteiger partial charge is 0.495 e. The van der Waals surface area contributed by atoms with Crippen molar-refractivity contribution in [2.45, 2.75) is 0 Å². The van der Waals surface area contributed by atoms with Gasteiger partial charge in [-0.3, -0.25) is 29.8 Å². The van der Waals surface area contributed by atoms with Crippen LogP contribution in [0.2, 0.25) is 5.02 Å². The number of hydrogen-bond acceptors (Lipinski definition) is 8. The number of imide groups is 2. The summed E-state index contributed by atoms with van der Waals surface area (Å²) in [7, 11) is 1.48. The molecule has 198 valence electrons. The van der Waals surface area contributed by atoms with E-state index in [4.69, 9.17) is 21.1 Å². The Morgan fingerprint density at radius 3 is 2.56 bits per heavy atom. The Labute approximate surface area is 225 Å². The lowest BCUT2D eigenvalue weighted by atomic mass is 10.1. The first-order chi connectivity index (χ1) is 18.7. The van der Waals surface area contributed by atoms with E-state index < -0.39 is 34.2 Å². The van der Waals surface area contributed by atoms with Gasteiger partial charge in [-0.1, -0.05) is 35.9 Å². The lowest BCUT2D eigenvalue weighted by Crippen LogP contribution is -2.54. The van der Waals surface area contributed by atoms with Crippen LogP contribution in [0.25, 0.3) is 6.08 Å². The quantitative estimate of drug-likeness (QED) is 0.185. The van der Waals surface area contributed by atoms with Gasteiger partial charge in [0, 0.05) is 12.1 Å². The van der Waals surface area contributed by atoms with Gasteiger partial charge in [-0.05, 0) is 42.0 Å². The monoisotopic (exact) mass is 550 g/mol. The van der Waals surface area contributed by atoms with Crippen molar-refractivity contribution in [1.82, 2.24) is 5.32 Å². The van der Waals surface area contributed by atoms with E-state index >= 15 is 0 Å². The fourth-order valence-corrected chi connectivity index (χ4v) is 3.85. The molecule has 5 amide bonds. The average molecular weight is 551 g/mol. The molecule has 13 heteroatoms. The van der Waals surface area contributed by atoms with Gasteiger partial charge < -0.3 is 14.8 Å². The number of nitro benzene ring substituents is 1. The highest BCUT2D eigenvalue weighted by Crippen LogP contribution is 2.29. The fraction of sp³-hybridized carbons (Fsp3) is 0.0769. The van der Waals surface area contributed by atoms with Crippen LogP contribution in [0.1, 0.15) is 5.56 Å². The SMILES string of the molecule is COc1ccccc1NC(=O)COc1ccc(/C=C2/C(=O)NC(=O)N(c3cccc([N+](=O)[O-])c3)C2=O)cc1Cl. The molecule has 1 saturated heterocycles. The smallest absolute Gasteiger partial charge is 0.335 e. The van der Waals surface area contributed by atoms with Crippen LogP contribution in [0.3, 0.4) is 0 Å². The maximum Gasteiger partial charge on any atom is 0.335 e. The van der Waals surface area contributed by atoms with Crippen LogP contribution in [-0.2, 0) is 14.4 Å². The molecule has 12 nitrogen and oxygen atoms in total. The maximum atomic E-state index is 13.1. The Morgan fingerprint density at radius 2 is 1.85 bits per heavy atom. The van der Waals surface area contributed by atoms with Gasteiger partial charge in [0.15, 0.2) is 6.61 Å². The molecule has 1 aliphatic heterocycles. The Kier molecular flexibility index (Phi) is 7.87. The minimum Gasteiger partial charge on any atom is -0.495 e. The van der Waals surface area contributed by atoms with E-state index in [0.717, 1.165) is 6.07 Å². The fourth-order valence-electron chi connectivity index (χ4n) is 3.61. The second-order valence-electron chi connectivity index (χ2n) is 7.96. The number of barbiturate groups is 1. The molecule has 3 aromatic rings. The molecule has 0 spiro atoms. The van der Waals surface area contributed by atoms with E-state index in [0.29, 0.717) is 21.9 Å². The molecule has 0 radical (unpaired) electrons. The molecule has 1 aliphatic rings. The number of benzene rings is 3. The molecule has 0 aromatic heterocycles. The Hall–Kier alpha value is -5.23. The Balaban J connectivity index is 1.49. The lowest BCUT2D eigenvalue weighted by molar-refractivity contribution is -0.384. The van der Waals surface area contributed by atoms with E-state index in [9.17, 15) is 29.3 Å². The summed E-state index contributed by atoms with van der Waals surface area (Å²) in [4.78, 5) is 61.2. The van der Waals surface area contributed by atoms with Gasteiger partial charge in [0.25, 0.3) is 23.4 Å². The zero-order chi connectivity index (χ0) is 28.1. The number of methoxy groups -OCH3 is 1. The molecule has 1 heterocycles. The summed E-state index contributed by atoms with van der Waals surface area (Å²) in [5.41, 5.74) is -0.0396. The maximum absolute atomic E-state index is 13.1. The second kappa shape index (κ2) is 11.4. The van der Waals surface area contributed by atoms with Crippen LogP contribution in [-0.4, -0.2) is 42.4 Å². The topological polar surface area (TPSA) is 157 Å². The van der Waals surface area contributed by atoms with Gasteiger partial charge in [0.1, 0.15) is 17.1 Å². The molecule has 39 heavy (non-hydrogen) atoms. The Bertz CT molecular complexity index is 1540. The number of urea groups is 1. The van der Waals surface area contributed by atoms with Crippen molar-refractivity contribution >= 4 is 58.5 Å². The summed E-state index contributed by atoms with van der Waals surface area (Å²) in [6.07, 6.45) is 1.21. The standard InChI is InChI=1S/C26H19ClN4O8/c1-38-22-8-3-2-7-20(22)28-23(32)14-39-21-10-9-15(12-19(21)27)11-18-24(33)29-26(35)30(25(18)34)16-5-4-6-17(13-16)31(36)37/h2-13H,14H2,1H3,(H,28,32)(H,29,33,35)/b18-11-. The number of amides is 5. The van der Waals surface area contributed by atoms with Crippen molar-refractivity contribution in [1.29, 1.82) is 0 Å². The number of anilines is 2. The molecule has 2 N–H and O–H groups in total. The van der Waals surface area contributed by atoms with Crippen molar-refractivity contribution in [2.24, 2.45) is 0 Å². The van der Waals surface area contributed by atoms with Gasteiger partial charge in [-0.15, -0.1) is 0 Å². The van der Waals surface area contributed by atoms with Gasteiger partial charge in [-0.2, -0.15) is 0 Å². The number of carbonyl (C=O) groups is 4. The zero-order valence-corrected chi connectivity index (χ0v) is 20.9. The molecule has 0 saturated carbocycles. The van der Waals surface area contributed by atoms with Gasteiger partial charge in [0.2, 0.25) is 0 Å². The van der Waals surface area contributed by atoms with Crippen LogP contribution in [0.5, 0.6) is 11.5 Å². The van der Waals surface area contributed by atoms with E-state index in [2.05, 4.69) is 5.32 Å². The highest BCUT2D eigenvalue weighted by molar-refractivity contribution is 6.39. The summed E-state index contributed by atoms with van der Waals surface area (Å²) < 4.78 is 10.7. The number of nitrogens with one attached hydrogen (secondary N) is 2. The second-order valence-corrected chi connectivity index (χ2v) is 8.37. The van der Waals surface area contributed by atoms with Gasteiger partial charge >= 0.3 is 6.03 Å². The van der Waals surface area contributed by atoms with Gasteiger partial charge in [-0.25, -0.2) is 9.69 Å². The third kappa shape index (κ3) is 6.02. The van der Waals surface area contributed by atoms with Crippen molar-refractivity contribution in [2.75, 3.05) is 23.9 Å². The molecular weight excluding hydrogens is 532 g/mol. The number of nitro groups is 1. The van der Waals surface area contributed by atoms with E-state index in [1.807, 2.05) is 5.32 Å². The summed E-state index contributed by atoms with van der Waals surface area (Å²) in [5.74, 6) is -1.74. The number of hydrogen-bond donors (Lipinski definition) is 2. The predicted octanol–water partition coefficient (Wildman–Crippen LogP) is 3.94. The van der Waals surface area contributed by atoms with E-state index in [1.165, 1.54) is 49.6 Å². The summed E-state index contributed by atoms with van der Waals surface area (Å²) in [6.45, 7) is -0.362. The summed E-state index contributed by atoms with van der Waals surface area (Å²) in [6, 6.07) is 15.0. The van der Waals surface area contributed by atoms with Crippen LogP contribution >= 0.6 is 11.6 Å². The molecule has 0 aliphatic carbocycles. The molecule has 4 rings (SSSR count). The number of non-ortho nitro benzene ring substituents is 1. The Morgan fingerprint density at radius 1 is 1.08 bits per heavy atom. The molecule has 0 bridgehead atoms.